The molecule has 1 aromatic heterocycles. The number of nitrogens with zero attached hydrogens (tertiary/aromatic N) is 1. The summed E-state index contributed by atoms with van der Waals surface area (Å²) in [5.41, 5.74) is 2.49. The van der Waals surface area contributed by atoms with Gasteiger partial charge in [-0.2, -0.15) is 0 Å². The summed E-state index contributed by atoms with van der Waals surface area (Å²) in [7, 11) is 0. The summed E-state index contributed by atoms with van der Waals surface area (Å²) in [4.78, 5) is 24.5. The summed E-state index contributed by atoms with van der Waals surface area (Å²) in [5, 5.41) is 9.88. The molecule has 2 N–H and O–H groups in total. The van der Waals surface area contributed by atoms with E-state index in [2.05, 4.69) is 15.8 Å². The third kappa shape index (κ3) is 4.17. The van der Waals surface area contributed by atoms with Gasteiger partial charge in [0, 0.05) is 17.7 Å². The molecule has 3 rings (SSSR count). The number of hydrogen-bond acceptors (Lipinski definition) is 4. The number of aryl methyl sites for hydroxylation is 1. The molecule has 0 atom stereocenters. The van der Waals surface area contributed by atoms with Crippen LogP contribution >= 0.6 is 11.6 Å². The number of carbonyl (C=O) groups excluding carboxylic acids is 2. The number of halogens is 1. The van der Waals surface area contributed by atoms with Crippen LogP contribution in [-0.4, -0.2) is 17.0 Å². The maximum atomic E-state index is 12.9. The summed E-state index contributed by atoms with van der Waals surface area (Å²) >= 11 is 6.20. The second-order valence-electron chi connectivity index (χ2n) is 5.88. The minimum absolute atomic E-state index is 0.129. The van der Waals surface area contributed by atoms with Crippen molar-refractivity contribution in [2.24, 2.45) is 0 Å². The van der Waals surface area contributed by atoms with E-state index in [4.69, 9.17) is 16.1 Å². The molecule has 6 nitrogen and oxygen atoms in total. The number of nitrogens with one attached hydrogen (secondary N) is 2. The lowest BCUT2D eigenvalue weighted by Gasteiger charge is -2.10. The Labute approximate surface area is 161 Å². The highest BCUT2D eigenvalue weighted by atomic mass is 35.5. The Morgan fingerprint density at radius 2 is 1.85 bits per heavy atom. The SMILES string of the molecule is CCC(=O)Nc1ccc(Cl)c(NC(=O)c2c(-c3ccccc3)noc2C)c1. The predicted molar refractivity (Wildman–Crippen MR) is 105 cm³/mol. The van der Waals surface area contributed by atoms with Gasteiger partial charge in [-0.3, -0.25) is 9.59 Å². The Balaban J connectivity index is 1.90. The number of carbonyl (C=O) groups is 2. The first-order chi connectivity index (χ1) is 13.0. The number of aromatic nitrogens is 1. The minimum atomic E-state index is -0.395. The lowest BCUT2D eigenvalue weighted by atomic mass is 10.1. The molecule has 0 fully saturated rings. The number of rotatable bonds is 5. The summed E-state index contributed by atoms with van der Waals surface area (Å²) < 4.78 is 5.23. The normalized spacial score (nSPS) is 10.5. The fourth-order valence-corrected chi connectivity index (χ4v) is 2.73. The third-order valence-electron chi connectivity index (χ3n) is 3.96. The van der Waals surface area contributed by atoms with Crippen molar-refractivity contribution in [3.8, 4) is 11.3 Å². The second kappa shape index (κ2) is 8.05. The molecule has 0 bridgehead atoms. The highest BCUT2D eigenvalue weighted by molar-refractivity contribution is 6.34. The van der Waals surface area contributed by atoms with Crippen molar-refractivity contribution in [2.45, 2.75) is 20.3 Å². The van der Waals surface area contributed by atoms with Crippen molar-refractivity contribution >= 4 is 34.8 Å². The zero-order valence-corrected chi connectivity index (χ0v) is 15.6. The van der Waals surface area contributed by atoms with Gasteiger partial charge < -0.3 is 15.2 Å². The molecular formula is C20H18ClN3O3. The largest absolute Gasteiger partial charge is 0.360 e. The Bertz CT molecular complexity index is 983. The summed E-state index contributed by atoms with van der Waals surface area (Å²) in [5.74, 6) is -0.123. The van der Waals surface area contributed by atoms with Crippen LogP contribution in [-0.2, 0) is 4.79 Å². The standard InChI is InChI=1S/C20H18ClN3O3/c1-3-17(25)22-14-9-10-15(21)16(11-14)23-20(26)18-12(2)27-24-19(18)13-7-5-4-6-8-13/h4-11H,3H2,1-2H3,(H,22,25)(H,23,26). The zero-order chi connectivity index (χ0) is 19.4. The van der Waals surface area contributed by atoms with Gasteiger partial charge in [0.15, 0.2) is 0 Å². The molecule has 2 amide bonds. The number of hydrogen-bond donors (Lipinski definition) is 2. The van der Waals surface area contributed by atoms with E-state index < -0.39 is 5.91 Å². The van der Waals surface area contributed by atoms with Crippen molar-refractivity contribution < 1.29 is 14.1 Å². The van der Waals surface area contributed by atoms with Crippen molar-refractivity contribution in [3.05, 3.63) is 64.9 Å². The molecule has 0 unspecified atom stereocenters. The minimum Gasteiger partial charge on any atom is -0.360 e. The van der Waals surface area contributed by atoms with Gasteiger partial charge in [-0.1, -0.05) is 54.0 Å². The maximum Gasteiger partial charge on any atom is 0.261 e. The molecule has 0 saturated heterocycles. The number of anilines is 2. The van der Waals surface area contributed by atoms with Gasteiger partial charge in [-0.25, -0.2) is 0 Å². The van der Waals surface area contributed by atoms with Gasteiger partial charge in [0.05, 0.1) is 10.7 Å². The first-order valence-corrected chi connectivity index (χ1v) is 8.79. The summed E-state index contributed by atoms with van der Waals surface area (Å²) in [6, 6.07) is 14.2. The van der Waals surface area contributed by atoms with Crippen LogP contribution in [0.2, 0.25) is 5.02 Å². The van der Waals surface area contributed by atoms with Crippen LogP contribution in [0.3, 0.4) is 0 Å². The van der Waals surface area contributed by atoms with Gasteiger partial charge in [0.2, 0.25) is 5.91 Å². The van der Waals surface area contributed by atoms with Crippen molar-refractivity contribution in [1.29, 1.82) is 0 Å². The lowest BCUT2D eigenvalue weighted by molar-refractivity contribution is -0.115. The van der Waals surface area contributed by atoms with Gasteiger partial charge in [0.1, 0.15) is 17.0 Å². The Morgan fingerprint density at radius 1 is 1.11 bits per heavy atom. The molecule has 0 radical (unpaired) electrons. The van der Waals surface area contributed by atoms with E-state index in [9.17, 15) is 9.59 Å². The average Bonchev–Trinajstić information content (AvgIpc) is 3.06. The van der Waals surface area contributed by atoms with E-state index in [1.807, 2.05) is 30.3 Å². The first kappa shape index (κ1) is 18.7. The van der Waals surface area contributed by atoms with Gasteiger partial charge >= 0.3 is 0 Å². The molecule has 0 aliphatic heterocycles. The van der Waals surface area contributed by atoms with Crippen molar-refractivity contribution in [2.75, 3.05) is 10.6 Å². The van der Waals surface area contributed by atoms with E-state index in [1.54, 1.807) is 32.0 Å². The molecular weight excluding hydrogens is 366 g/mol. The van der Waals surface area contributed by atoms with Crippen molar-refractivity contribution in [3.63, 3.8) is 0 Å². The highest BCUT2D eigenvalue weighted by Crippen LogP contribution is 2.29. The maximum absolute atomic E-state index is 12.9. The predicted octanol–water partition coefficient (Wildman–Crippen LogP) is 4.90. The van der Waals surface area contributed by atoms with Crippen LogP contribution in [0.5, 0.6) is 0 Å². The Kier molecular flexibility index (Phi) is 5.57. The van der Waals surface area contributed by atoms with Crippen LogP contribution in [0.25, 0.3) is 11.3 Å². The Morgan fingerprint density at radius 3 is 2.56 bits per heavy atom. The first-order valence-electron chi connectivity index (χ1n) is 8.42. The number of amides is 2. The molecule has 0 spiro atoms. The molecule has 0 aliphatic carbocycles. The molecule has 7 heteroatoms. The molecule has 2 aromatic carbocycles. The smallest absolute Gasteiger partial charge is 0.261 e. The van der Waals surface area contributed by atoms with Crippen LogP contribution in [0.15, 0.2) is 53.1 Å². The third-order valence-corrected chi connectivity index (χ3v) is 4.29. The zero-order valence-electron chi connectivity index (χ0n) is 14.9. The molecule has 1 heterocycles. The second-order valence-corrected chi connectivity index (χ2v) is 6.29. The van der Waals surface area contributed by atoms with E-state index in [-0.39, 0.29) is 5.91 Å². The summed E-state index contributed by atoms with van der Waals surface area (Å²) in [6.07, 6.45) is 0.352. The van der Waals surface area contributed by atoms with E-state index >= 15 is 0 Å². The van der Waals surface area contributed by atoms with Gasteiger partial charge in [-0.05, 0) is 25.1 Å². The molecule has 27 heavy (non-hydrogen) atoms. The molecule has 3 aromatic rings. The molecule has 138 valence electrons. The van der Waals surface area contributed by atoms with Crippen LogP contribution in [0.1, 0.15) is 29.5 Å². The van der Waals surface area contributed by atoms with E-state index in [1.165, 1.54) is 0 Å². The quantitative estimate of drug-likeness (QED) is 0.656. The summed E-state index contributed by atoms with van der Waals surface area (Å²) in [6.45, 7) is 3.43. The van der Waals surface area contributed by atoms with Crippen LogP contribution in [0.4, 0.5) is 11.4 Å². The van der Waals surface area contributed by atoms with E-state index in [0.717, 1.165) is 5.56 Å². The van der Waals surface area contributed by atoms with Crippen LogP contribution in [0, 0.1) is 6.92 Å². The Hall–Kier alpha value is -3.12. The van der Waals surface area contributed by atoms with Gasteiger partial charge in [0.25, 0.3) is 5.91 Å². The van der Waals surface area contributed by atoms with Crippen LogP contribution < -0.4 is 10.6 Å². The lowest BCUT2D eigenvalue weighted by Crippen LogP contribution is -2.15. The fraction of sp³-hybridized carbons (Fsp3) is 0.150. The topological polar surface area (TPSA) is 84.2 Å². The molecule has 0 saturated carbocycles. The number of benzene rings is 2. The fourth-order valence-electron chi connectivity index (χ4n) is 2.57. The highest BCUT2D eigenvalue weighted by Gasteiger charge is 2.22. The molecule has 0 aliphatic rings. The van der Waals surface area contributed by atoms with E-state index in [0.29, 0.717) is 39.8 Å². The monoisotopic (exact) mass is 383 g/mol. The van der Waals surface area contributed by atoms with Crippen molar-refractivity contribution in [1.82, 2.24) is 5.16 Å². The van der Waals surface area contributed by atoms with Gasteiger partial charge in [-0.15, -0.1) is 0 Å². The average molecular weight is 384 g/mol.